The number of aryl methyl sites for hydroxylation is 3. The Morgan fingerprint density at radius 1 is 0.895 bits per heavy atom. The fourth-order valence-electron chi connectivity index (χ4n) is 2.54. The minimum Gasteiger partial charge on any atom is -0.226 e. The maximum absolute atomic E-state index is 4.79. The van der Waals surface area contributed by atoms with Crippen LogP contribution < -0.4 is 4.57 Å². The fourth-order valence-corrected chi connectivity index (χ4v) is 2.54. The Balaban J connectivity index is 2.38. The maximum atomic E-state index is 4.79. The Labute approximate surface area is 113 Å². The lowest BCUT2D eigenvalue weighted by Gasteiger charge is -2.06. The molecular weight excluding hydrogens is 232 g/mol. The van der Waals surface area contributed by atoms with Crippen molar-refractivity contribution in [3.63, 3.8) is 0 Å². The highest BCUT2D eigenvalue weighted by atomic mass is 15.0. The summed E-state index contributed by atoms with van der Waals surface area (Å²) in [6, 6.07) is 16.8. The first-order valence-electron chi connectivity index (χ1n) is 6.50. The minimum atomic E-state index is 1.02. The van der Waals surface area contributed by atoms with Gasteiger partial charge in [-0.05, 0) is 35.7 Å². The van der Waals surface area contributed by atoms with E-state index in [1.165, 1.54) is 22.0 Å². The molecule has 0 fully saturated rings. The van der Waals surface area contributed by atoms with Crippen molar-refractivity contribution in [1.82, 2.24) is 4.98 Å². The highest BCUT2D eigenvalue weighted by molar-refractivity contribution is 5.79. The molecule has 0 aliphatic rings. The van der Waals surface area contributed by atoms with Crippen LogP contribution in [0.4, 0.5) is 0 Å². The summed E-state index contributed by atoms with van der Waals surface area (Å²) in [7, 11) is 2.08. The summed E-state index contributed by atoms with van der Waals surface area (Å²) in [5, 5.41) is 1.21. The largest absolute Gasteiger partial charge is 0.331 e. The van der Waals surface area contributed by atoms with Gasteiger partial charge in [-0.2, -0.15) is 0 Å². The lowest BCUT2D eigenvalue weighted by Crippen LogP contribution is -2.34. The van der Waals surface area contributed by atoms with Crippen LogP contribution in [0, 0.1) is 13.8 Å². The van der Waals surface area contributed by atoms with Gasteiger partial charge in [-0.25, -0.2) is 4.57 Å². The lowest BCUT2D eigenvalue weighted by molar-refractivity contribution is -0.636. The van der Waals surface area contributed by atoms with E-state index in [0.29, 0.717) is 0 Å². The minimum absolute atomic E-state index is 1.02. The molecule has 0 unspecified atom stereocenters. The molecule has 0 N–H and O–H groups in total. The van der Waals surface area contributed by atoms with Crippen LogP contribution in [0.2, 0.25) is 0 Å². The Kier molecular flexibility index (Phi) is 2.79. The molecule has 3 rings (SSSR count). The van der Waals surface area contributed by atoms with E-state index in [2.05, 4.69) is 74.0 Å². The molecule has 3 aromatic rings. The van der Waals surface area contributed by atoms with Gasteiger partial charge in [0.2, 0.25) is 0 Å². The van der Waals surface area contributed by atoms with Gasteiger partial charge in [0.05, 0.1) is 18.0 Å². The van der Waals surface area contributed by atoms with Crippen molar-refractivity contribution in [2.75, 3.05) is 0 Å². The topological polar surface area (TPSA) is 16.8 Å². The third-order valence-electron chi connectivity index (χ3n) is 3.63. The summed E-state index contributed by atoms with van der Waals surface area (Å²) in [5.74, 6) is 1.02. The van der Waals surface area contributed by atoms with Gasteiger partial charge in [0, 0.05) is 6.92 Å². The van der Waals surface area contributed by atoms with E-state index in [1.807, 2.05) is 0 Å². The maximum Gasteiger partial charge on any atom is 0.331 e. The van der Waals surface area contributed by atoms with Crippen LogP contribution in [-0.2, 0) is 7.05 Å². The van der Waals surface area contributed by atoms with Crippen LogP contribution >= 0.6 is 0 Å². The van der Waals surface area contributed by atoms with Crippen LogP contribution in [-0.4, -0.2) is 4.98 Å². The van der Waals surface area contributed by atoms with Crippen LogP contribution in [0.5, 0.6) is 0 Å². The van der Waals surface area contributed by atoms with Gasteiger partial charge in [0.15, 0.2) is 5.69 Å². The van der Waals surface area contributed by atoms with Gasteiger partial charge in [0.1, 0.15) is 5.52 Å². The van der Waals surface area contributed by atoms with Crippen LogP contribution in [0.3, 0.4) is 0 Å². The monoisotopic (exact) mass is 249 g/mol. The first kappa shape index (κ1) is 11.8. The fraction of sp³-hybridized carbons (Fsp3) is 0.176. The van der Waals surface area contributed by atoms with Gasteiger partial charge in [-0.15, -0.1) is 0 Å². The van der Waals surface area contributed by atoms with Crippen molar-refractivity contribution in [3.8, 4) is 11.4 Å². The van der Waals surface area contributed by atoms with Crippen molar-refractivity contribution in [2.45, 2.75) is 13.8 Å². The zero-order chi connectivity index (χ0) is 13.4. The molecule has 0 bridgehead atoms. The van der Waals surface area contributed by atoms with Crippen molar-refractivity contribution in [1.29, 1.82) is 0 Å². The van der Waals surface area contributed by atoms with Crippen molar-refractivity contribution in [3.05, 3.63) is 59.8 Å². The summed E-state index contributed by atoms with van der Waals surface area (Å²) in [6.07, 6.45) is 0. The quantitative estimate of drug-likeness (QED) is 0.604. The Morgan fingerprint density at radius 2 is 1.58 bits per heavy atom. The molecule has 0 radical (unpaired) electrons. The molecule has 19 heavy (non-hydrogen) atoms. The second-order valence-corrected chi connectivity index (χ2v) is 4.91. The Hall–Kier alpha value is -2.22. The average molecular weight is 249 g/mol. The molecule has 0 aliphatic heterocycles. The van der Waals surface area contributed by atoms with E-state index >= 15 is 0 Å². The zero-order valence-electron chi connectivity index (χ0n) is 11.5. The second kappa shape index (κ2) is 4.47. The van der Waals surface area contributed by atoms with Gasteiger partial charge in [-0.3, -0.25) is 0 Å². The summed E-state index contributed by atoms with van der Waals surface area (Å²) < 4.78 is 2.17. The SMILES string of the molecule is Cc1ccccc1-c1nc(C)c2ccccc2[n+]1C. The first-order chi connectivity index (χ1) is 9.18. The summed E-state index contributed by atoms with van der Waals surface area (Å²) in [6.45, 7) is 4.20. The van der Waals surface area contributed by atoms with E-state index < -0.39 is 0 Å². The molecule has 1 heterocycles. The average Bonchev–Trinajstić information content (AvgIpc) is 2.44. The predicted octanol–water partition coefficient (Wildman–Crippen LogP) is 3.34. The molecule has 0 amide bonds. The third kappa shape index (κ3) is 1.89. The number of rotatable bonds is 1. The van der Waals surface area contributed by atoms with Crippen LogP contribution in [0.25, 0.3) is 22.3 Å². The molecule has 0 saturated heterocycles. The van der Waals surface area contributed by atoms with E-state index in [-0.39, 0.29) is 0 Å². The first-order valence-corrected chi connectivity index (χ1v) is 6.50. The third-order valence-corrected chi connectivity index (χ3v) is 3.63. The normalized spacial score (nSPS) is 10.9. The zero-order valence-corrected chi connectivity index (χ0v) is 11.5. The molecule has 0 spiro atoms. The van der Waals surface area contributed by atoms with Gasteiger partial charge in [-0.1, -0.05) is 30.3 Å². The summed E-state index contributed by atoms with van der Waals surface area (Å²) in [5.41, 5.74) is 4.74. The van der Waals surface area contributed by atoms with E-state index in [0.717, 1.165) is 11.5 Å². The molecule has 0 saturated carbocycles. The Bertz CT molecular complexity index is 760. The van der Waals surface area contributed by atoms with Gasteiger partial charge in [0.25, 0.3) is 0 Å². The molecule has 0 atom stereocenters. The highest BCUT2D eigenvalue weighted by Gasteiger charge is 2.19. The van der Waals surface area contributed by atoms with Gasteiger partial charge >= 0.3 is 5.82 Å². The molecular formula is C17H17N2+. The van der Waals surface area contributed by atoms with E-state index in [4.69, 9.17) is 4.98 Å². The second-order valence-electron chi connectivity index (χ2n) is 4.91. The molecule has 2 heteroatoms. The number of hydrogen-bond donors (Lipinski definition) is 0. The van der Waals surface area contributed by atoms with E-state index in [1.54, 1.807) is 0 Å². The van der Waals surface area contributed by atoms with Crippen LogP contribution in [0.15, 0.2) is 48.5 Å². The Morgan fingerprint density at radius 3 is 2.37 bits per heavy atom. The van der Waals surface area contributed by atoms with E-state index in [9.17, 15) is 0 Å². The standard InChI is InChI=1S/C17H17N2/c1-12-8-4-5-9-14(12)17-18-13(2)15-10-6-7-11-16(15)19(17)3/h4-11H,1-3H3/q+1. The van der Waals surface area contributed by atoms with Crippen LogP contribution in [0.1, 0.15) is 11.3 Å². The molecule has 2 nitrogen and oxygen atoms in total. The molecule has 0 aliphatic carbocycles. The number of fused-ring (bicyclic) bond motifs is 1. The number of aromatic nitrogens is 2. The predicted molar refractivity (Wildman–Crippen MR) is 77.8 cm³/mol. The number of para-hydroxylation sites is 1. The van der Waals surface area contributed by atoms with Crippen molar-refractivity contribution < 1.29 is 4.57 Å². The van der Waals surface area contributed by atoms with Crippen molar-refractivity contribution in [2.24, 2.45) is 7.05 Å². The number of hydrogen-bond acceptors (Lipinski definition) is 1. The molecule has 94 valence electrons. The summed E-state index contributed by atoms with van der Waals surface area (Å²) in [4.78, 5) is 4.79. The van der Waals surface area contributed by atoms with Crippen molar-refractivity contribution >= 4 is 10.9 Å². The molecule has 2 aromatic carbocycles. The molecule has 1 aromatic heterocycles. The van der Waals surface area contributed by atoms with Gasteiger partial charge < -0.3 is 0 Å². The lowest BCUT2D eigenvalue weighted by atomic mass is 10.1. The highest BCUT2D eigenvalue weighted by Crippen LogP contribution is 2.21. The smallest absolute Gasteiger partial charge is 0.226 e. The number of benzene rings is 2. The number of nitrogens with zero attached hydrogens (tertiary/aromatic N) is 2. The summed E-state index contributed by atoms with van der Waals surface area (Å²) >= 11 is 0.